The Labute approximate surface area is 240 Å². The molecule has 2 spiro atoms. The first kappa shape index (κ1) is 29.1. The van der Waals surface area contributed by atoms with Crippen LogP contribution in [0.2, 0.25) is 0 Å². The molecule has 10 atom stereocenters. The molecule has 226 valence electrons. The van der Waals surface area contributed by atoms with Gasteiger partial charge in [-0.15, -0.1) is 0 Å². The van der Waals surface area contributed by atoms with Crippen molar-refractivity contribution in [2.45, 2.75) is 143 Å². The van der Waals surface area contributed by atoms with E-state index in [9.17, 15) is 22.1 Å². The van der Waals surface area contributed by atoms with E-state index < -0.39 is 72.6 Å². The minimum atomic E-state index is -1.21. The normalized spacial score (nSPS) is 41.6. The second kappa shape index (κ2) is 12.3. The summed E-state index contributed by atoms with van der Waals surface area (Å²) in [6.45, 7) is 0.170. The van der Waals surface area contributed by atoms with E-state index in [1.165, 1.54) is 0 Å². The van der Waals surface area contributed by atoms with Crippen LogP contribution < -0.4 is 0 Å². The largest absolute Gasteiger partial charge is 0.347 e. The van der Waals surface area contributed by atoms with Crippen molar-refractivity contribution in [1.29, 1.82) is 0 Å². The van der Waals surface area contributed by atoms with Gasteiger partial charge in [0.05, 0.1) is 49.1 Å². The summed E-state index contributed by atoms with van der Waals surface area (Å²) >= 11 is 0. The van der Waals surface area contributed by atoms with Crippen LogP contribution in [0.4, 0.5) is 0 Å². The van der Waals surface area contributed by atoms with Gasteiger partial charge in [-0.3, -0.25) is 0 Å². The molecule has 6 fully saturated rings. The molecule has 4 unspecified atom stereocenters. The molecule has 18 nitrogen and oxygen atoms in total. The summed E-state index contributed by atoms with van der Waals surface area (Å²) in [5, 5.41) is 15.9. The van der Waals surface area contributed by atoms with Gasteiger partial charge in [0.15, 0.2) is 17.9 Å². The fraction of sp³-hybridized carbons (Fsp3) is 1.00. The van der Waals surface area contributed by atoms with Crippen LogP contribution in [0.25, 0.3) is 41.8 Å². The van der Waals surface area contributed by atoms with Crippen LogP contribution in [-0.2, 0) is 28.4 Å². The highest BCUT2D eigenvalue weighted by molar-refractivity contribution is 5.08. The lowest BCUT2D eigenvalue weighted by Crippen LogP contribution is -2.66. The Kier molecular flexibility index (Phi) is 8.53. The van der Waals surface area contributed by atoms with Crippen molar-refractivity contribution in [2.75, 3.05) is 6.61 Å². The third kappa shape index (κ3) is 5.43. The number of azide groups is 4. The maximum Gasteiger partial charge on any atom is 0.169 e. The van der Waals surface area contributed by atoms with Gasteiger partial charge in [0.25, 0.3) is 0 Å². The molecule has 3 aliphatic heterocycles. The van der Waals surface area contributed by atoms with Crippen molar-refractivity contribution < 1.29 is 28.4 Å². The second-order valence-electron chi connectivity index (χ2n) is 11.8. The molecule has 3 aliphatic carbocycles. The van der Waals surface area contributed by atoms with Crippen LogP contribution in [0.3, 0.4) is 0 Å². The number of rotatable bonds is 6. The summed E-state index contributed by atoms with van der Waals surface area (Å²) in [7, 11) is 0. The zero-order valence-corrected chi connectivity index (χ0v) is 23.1. The molecule has 0 aromatic heterocycles. The van der Waals surface area contributed by atoms with Gasteiger partial charge >= 0.3 is 0 Å². The molecule has 3 saturated heterocycles. The molecular weight excluding hydrogens is 552 g/mol. The summed E-state index contributed by atoms with van der Waals surface area (Å²) in [6, 6.07) is -3.51. The molecule has 3 saturated carbocycles. The maximum atomic E-state index is 9.50. The monoisotopic (exact) mass is 586 g/mol. The number of hydrogen-bond donors (Lipinski definition) is 0. The van der Waals surface area contributed by atoms with E-state index in [0.29, 0.717) is 25.7 Å². The van der Waals surface area contributed by atoms with E-state index >= 15 is 0 Å². The zero-order chi connectivity index (χ0) is 29.2. The van der Waals surface area contributed by atoms with Gasteiger partial charge in [-0.2, -0.15) is 0 Å². The first-order valence-corrected chi connectivity index (χ1v) is 14.7. The van der Waals surface area contributed by atoms with Crippen LogP contribution in [0.1, 0.15) is 70.6 Å². The molecule has 0 bridgehead atoms. The van der Waals surface area contributed by atoms with Gasteiger partial charge in [0.2, 0.25) is 0 Å². The molecule has 6 rings (SSSR count). The number of hydrogen-bond acceptors (Lipinski definition) is 10. The molecular formula is C24H34N12O6. The first-order chi connectivity index (χ1) is 20.5. The molecule has 18 heteroatoms. The summed E-state index contributed by atoms with van der Waals surface area (Å²) < 4.78 is 38.5. The van der Waals surface area contributed by atoms with Crippen LogP contribution in [0.15, 0.2) is 20.5 Å². The third-order valence-electron chi connectivity index (χ3n) is 9.38. The van der Waals surface area contributed by atoms with Gasteiger partial charge in [-0.05, 0) is 54.2 Å². The number of nitrogens with zero attached hydrogens (tertiary/aromatic N) is 12. The fourth-order valence-corrected chi connectivity index (χ4v) is 7.49. The average molecular weight is 587 g/mol. The van der Waals surface area contributed by atoms with Crippen LogP contribution in [-0.4, -0.2) is 79.2 Å². The van der Waals surface area contributed by atoms with Crippen LogP contribution in [0.5, 0.6) is 0 Å². The zero-order valence-electron chi connectivity index (χ0n) is 23.1. The SMILES string of the molecule is [N-]=[N+]=NC1C[C@@H](N=[N+]=[N-])[C@H]2OC3(CCCCC3)OC2[C@@H]1O[C@H]1OC2COC3(CCCCC3)O[C@H]2C(N=[N+]=[N-])[C@@H]1N=[N+]=[N-]. The third-order valence-corrected chi connectivity index (χ3v) is 9.38. The molecule has 0 N–H and O–H groups in total. The second-order valence-corrected chi connectivity index (χ2v) is 11.8. The fourth-order valence-electron chi connectivity index (χ4n) is 7.49. The van der Waals surface area contributed by atoms with Gasteiger partial charge in [0.1, 0.15) is 12.2 Å². The predicted molar refractivity (Wildman–Crippen MR) is 142 cm³/mol. The summed E-state index contributed by atoms with van der Waals surface area (Å²) in [5.41, 5.74) is 37.6. The Morgan fingerprint density at radius 2 is 1.19 bits per heavy atom. The Morgan fingerprint density at radius 1 is 0.619 bits per heavy atom. The van der Waals surface area contributed by atoms with Gasteiger partial charge in [0, 0.05) is 45.3 Å². The summed E-state index contributed by atoms with van der Waals surface area (Å²) in [5.74, 6) is -1.66. The first-order valence-electron chi connectivity index (χ1n) is 14.7. The van der Waals surface area contributed by atoms with E-state index in [1.807, 2.05) is 0 Å². The number of fused-ring (bicyclic) bond motifs is 2. The molecule has 3 heterocycles. The van der Waals surface area contributed by atoms with Crippen molar-refractivity contribution >= 4 is 0 Å². The molecule has 0 amide bonds. The van der Waals surface area contributed by atoms with Crippen molar-refractivity contribution in [3.63, 3.8) is 0 Å². The highest BCUT2D eigenvalue weighted by Gasteiger charge is 2.60. The lowest BCUT2D eigenvalue weighted by atomic mass is 9.84. The van der Waals surface area contributed by atoms with Gasteiger partial charge < -0.3 is 28.4 Å². The topological polar surface area (TPSA) is 250 Å². The molecule has 0 radical (unpaired) electrons. The summed E-state index contributed by atoms with van der Waals surface area (Å²) in [4.78, 5) is 12.0. The van der Waals surface area contributed by atoms with Crippen molar-refractivity contribution in [3.8, 4) is 0 Å². The Morgan fingerprint density at radius 3 is 1.86 bits per heavy atom. The van der Waals surface area contributed by atoms with Gasteiger partial charge in [-0.1, -0.05) is 33.3 Å². The molecule has 42 heavy (non-hydrogen) atoms. The molecule has 0 aromatic rings. The standard InChI is InChI=1S/C24H34N12O6/c25-33-29-13-11-14(30-34-26)19-21(42-24(40-19)9-5-2-6-10-24)18(13)39-22-17(32-36-28)16(31-35-27)20-15(38-22)12-37-23(41-20)7-3-1-4-8-23/h13-22H,1-12H2/t13?,14-,15?,16?,17+,18-,19-,20-,21?,22-/m1/s1. The number of ether oxygens (including phenoxy) is 6. The lowest BCUT2D eigenvalue weighted by molar-refractivity contribution is -0.375. The molecule has 0 aromatic carbocycles. The van der Waals surface area contributed by atoms with Crippen molar-refractivity contribution in [3.05, 3.63) is 41.8 Å². The van der Waals surface area contributed by atoms with Crippen molar-refractivity contribution in [2.24, 2.45) is 20.5 Å². The van der Waals surface area contributed by atoms with E-state index in [4.69, 9.17) is 28.4 Å². The van der Waals surface area contributed by atoms with E-state index in [0.717, 1.165) is 38.5 Å². The molecule has 6 aliphatic rings. The van der Waals surface area contributed by atoms with E-state index in [2.05, 4.69) is 40.1 Å². The van der Waals surface area contributed by atoms with Crippen molar-refractivity contribution in [1.82, 2.24) is 0 Å². The van der Waals surface area contributed by atoms with Crippen LogP contribution in [0, 0.1) is 0 Å². The Bertz CT molecular complexity index is 1200. The smallest absolute Gasteiger partial charge is 0.169 e. The predicted octanol–water partition coefficient (Wildman–Crippen LogP) is 5.74. The highest BCUT2D eigenvalue weighted by atomic mass is 16.8. The average Bonchev–Trinajstić information content (AvgIpc) is 3.36. The maximum absolute atomic E-state index is 9.50. The Balaban J connectivity index is 1.31. The minimum absolute atomic E-state index is 0.152. The summed E-state index contributed by atoms with van der Waals surface area (Å²) in [6.07, 6.45) is 3.83. The highest BCUT2D eigenvalue weighted by Crippen LogP contribution is 2.48. The quantitative estimate of drug-likeness (QED) is 0.213. The van der Waals surface area contributed by atoms with E-state index in [1.54, 1.807) is 0 Å². The van der Waals surface area contributed by atoms with Crippen LogP contribution >= 0.6 is 0 Å². The minimum Gasteiger partial charge on any atom is -0.347 e. The Hall–Kier alpha value is -3.00. The lowest BCUT2D eigenvalue weighted by Gasteiger charge is -2.52. The van der Waals surface area contributed by atoms with Gasteiger partial charge in [-0.25, -0.2) is 0 Å². The van der Waals surface area contributed by atoms with E-state index in [-0.39, 0.29) is 13.0 Å².